The molecule has 6 nitrogen and oxygen atoms in total. The Bertz CT molecular complexity index is 703. The quantitative estimate of drug-likeness (QED) is 0.815. The van der Waals surface area contributed by atoms with Crippen molar-refractivity contribution in [3.05, 3.63) is 45.6 Å². The third kappa shape index (κ3) is 3.68. The molecule has 1 aromatic rings. The number of nitrogens with one attached hydrogen (secondary N) is 2. The van der Waals surface area contributed by atoms with E-state index in [9.17, 15) is 13.2 Å². The fraction of sp³-hybridized carbons (Fsp3) is 0.250. The fourth-order valence-corrected chi connectivity index (χ4v) is 3.27. The van der Waals surface area contributed by atoms with E-state index in [1.807, 2.05) is 0 Å². The van der Waals surface area contributed by atoms with E-state index in [0.29, 0.717) is 10.6 Å². The second-order valence-corrected chi connectivity index (χ2v) is 6.48. The number of carbonyl (C=O) groups excluding carboxylic acids is 1. The molecule has 0 saturated heterocycles. The molecular formula is C12H12Cl2N2O4S. The highest BCUT2D eigenvalue weighted by Gasteiger charge is 2.33. The van der Waals surface area contributed by atoms with Gasteiger partial charge in [-0.1, -0.05) is 29.3 Å². The van der Waals surface area contributed by atoms with Gasteiger partial charge in [0.1, 0.15) is 0 Å². The second-order valence-electron chi connectivity index (χ2n) is 4.16. The molecule has 21 heavy (non-hydrogen) atoms. The number of hydrogen-bond acceptors (Lipinski definition) is 4. The topological polar surface area (TPSA) is 84.5 Å². The Labute approximate surface area is 132 Å². The van der Waals surface area contributed by atoms with E-state index in [1.54, 1.807) is 19.1 Å². The third-order valence-electron chi connectivity index (χ3n) is 2.74. The molecule has 1 aliphatic heterocycles. The summed E-state index contributed by atoms with van der Waals surface area (Å²) < 4.78 is 32.6. The lowest BCUT2D eigenvalue weighted by Gasteiger charge is -2.25. The van der Waals surface area contributed by atoms with Crippen LogP contribution in [0.4, 0.5) is 0 Å². The Hall–Kier alpha value is -1.28. The van der Waals surface area contributed by atoms with Crippen LogP contribution in [-0.4, -0.2) is 21.0 Å². The maximum absolute atomic E-state index is 11.9. The third-order valence-corrected chi connectivity index (χ3v) is 4.27. The van der Waals surface area contributed by atoms with Gasteiger partial charge >= 0.3 is 5.97 Å². The van der Waals surface area contributed by atoms with Crippen molar-refractivity contribution in [2.24, 2.45) is 0 Å². The van der Waals surface area contributed by atoms with Crippen LogP contribution in [0.2, 0.25) is 10.0 Å². The predicted molar refractivity (Wildman–Crippen MR) is 79.1 cm³/mol. The van der Waals surface area contributed by atoms with E-state index in [4.69, 9.17) is 27.9 Å². The second kappa shape index (κ2) is 6.23. The first-order chi connectivity index (χ1) is 9.84. The van der Waals surface area contributed by atoms with Crippen LogP contribution in [0.1, 0.15) is 18.5 Å². The number of halogens is 2. The summed E-state index contributed by atoms with van der Waals surface area (Å²) in [5.74, 6) is -0.636. The van der Waals surface area contributed by atoms with Gasteiger partial charge in [-0.05, 0) is 24.6 Å². The van der Waals surface area contributed by atoms with Crippen molar-refractivity contribution >= 4 is 39.4 Å². The van der Waals surface area contributed by atoms with Gasteiger partial charge in [0, 0.05) is 16.2 Å². The first kappa shape index (κ1) is 16.1. The minimum Gasteiger partial charge on any atom is -0.463 e. The summed E-state index contributed by atoms with van der Waals surface area (Å²) in [6, 6.07) is 3.63. The monoisotopic (exact) mass is 350 g/mol. The maximum atomic E-state index is 11.9. The Kier molecular flexibility index (Phi) is 4.77. The first-order valence-corrected chi connectivity index (χ1v) is 8.19. The Morgan fingerprint density at radius 3 is 2.71 bits per heavy atom. The normalized spacial score (nSPS) is 20.3. The minimum atomic E-state index is -3.76. The van der Waals surface area contributed by atoms with Gasteiger partial charge in [0.05, 0.1) is 18.2 Å². The van der Waals surface area contributed by atoms with E-state index >= 15 is 0 Å². The number of carbonyl (C=O) groups is 1. The Balaban J connectivity index is 2.47. The van der Waals surface area contributed by atoms with Gasteiger partial charge < -0.3 is 4.74 Å². The van der Waals surface area contributed by atoms with Gasteiger partial charge in [0.15, 0.2) is 0 Å². The Morgan fingerprint density at radius 2 is 2.10 bits per heavy atom. The highest BCUT2D eigenvalue weighted by atomic mass is 35.5. The summed E-state index contributed by atoms with van der Waals surface area (Å²) in [7, 11) is -3.76. The largest absolute Gasteiger partial charge is 0.463 e. The lowest BCUT2D eigenvalue weighted by atomic mass is 10.00. The van der Waals surface area contributed by atoms with Crippen molar-refractivity contribution in [2.45, 2.75) is 13.0 Å². The molecule has 1 heterocycles. The summed E-state index contributed by atoms with van der Waals surface area (Å²) in [5, 5.41) is 0.648. The van der Waals surface area contributed by atoms with Gasteiger partial charge in [-0.25, -0.2) is 4.79 Å². The van der Waals surface area contributed by atoms with E-state index < -0.39 is 22.2 Å². The molecule has 2 rings (SSSR count). The summed E-state index contributed by atoms with van der Waals surface area (Å²) >= 11 is 11.9. The van der Waals surface area contributed by atoms with Gasteiger partial charge in [-0.3, -0.25) is 4.72 Å². The van der Waals surface area contributed by atoms with E-state index in [2.05, 4.69) is 9.44 Å². The van der Waals surface area contributed by atoms with E-state index in [-0.39, 0.29) is 17.2 Å². The molecule has 0 aliphatic carbocycles. The lowest BCUT2D eigenvalue weighted by molar-refractivity contribution is -0.138. The molecule has 1 aliphatic rings. The van der Waals surface area contributed by atoms with Crippen molar-refractivity contribution in [1.82, 2.24) is 9.44 Å². The van der Waals surface area contributed by atoms with Crippen molar-refractivity contribution in [2.75, 3.05) is 6.61 Å². The molecule has 0 amide bonds. The van der Waals surface area contributed by atoms with Crippen molar-refractivity contribution in [3.8, 4) is 0 Å². The zero-order chi connectivity index (χ0) is 15.6. The van der Waals surface area contributed by atoms with Crippen LogP contribution in [0, 0.1) is 0 Å². The molecule has 0 saturated carbocycles. The summed E-state index contributed by atoms with van der Waals surface area (Å²) in [6.45, 7) is 1.83. The molecule has 1 atom stereocenters. The summed E-state index contributed by atoms with van der Waals surface area (Å²) in [5.41, 5.74) is 0.515. The number of esters is 1. The average Bonchev–Trinajstić information content (AvgIpc) is 2.37. The molecule has 0 radical (unpaired) electrons. The zero-order valence-electron chi connectivity index (χ0n) is 10.9. The highest BCUT2D eigenvalue weighted by Crippen LogP contribution is 2.32. The molecule has 0 fully saturated rings. The maximum Gasteiger partial charge on any atom is 0.337 e. The summed E-state index contributed by atoms with van der Waals surface area (Å²) in [4.78, 5) is 11.9. The molecule has 114 valence electrons. The van der Waals surface area contributed by atoms with Crippen molar-refractivity contribution in [3.63, 3.8) is 0 Å². The lowest BCUT2D eigenvalue weighted by Crippen LogP contribution is -2.43. The average molecular weight is 351 g/mol. The number of benzene rings is 1. The minimum absolute atomic E-state index is 0.107. The molecule has 0 aromatic heterocycles. The van der Waals surface area contributed by atoms with Gasteiger partial charge in [-0.2, -0.15) is 13.1 Å². The van der Waals surface area contributed by atoms with Crippen molar-refractivity contribution in [1.29, 1.82) is 0 Å². The molecule has 1 unspecified atom stereocenters. The number of hydrogen-bond donors (Lipinski definition) is 2. The molecule has 0 bridgehead atoms. The molecular weight excluding hydrogens is 339 g/mol. The Morgan fingerprint density at radius 1 is 1.38 bits per heavy atom. The van der Waals surface area contributed by atoms with E-state index in [1.165, 1.54) is 6.07 Å². The number of rotatable bonds is 3. The van der Waals surface area contributed by atoms with Crippen LogP contribution in [0.15, 0.2) is 30.0 Å². The molecule has 2 N–H and O–H groups in total. The predicted octanol–water partition coefficient (Wildman–Crippen LogP) is 1.92. The fourth-order valence-electron chi connectivity index (χ4n) is 1.83. The molecule has 9 heteroatoms. The van der Waals surface area contributed by atoms with Gasteiger partial charge in [-0.15, -0.1) is 0 Å². The zero-order valence-corrected chi connectivity index (χ0v) is 13.2. The molecule has 0 spiro atoms. The van der Waals surface area contributed by atoms with Crippen LogP contribution in [0.25, 0.3) is 0 Å². The first-order valence-electron chi connectivity index (χ1n) is 5.95. The van der Waals surface area contributed by atoms with Gasteiger partial charge in [0.25, 0.3) is 10.2 Å². The SMILES string of the molecule is CCOC(=O)C1=CNS(=O)(=O)NC1c1ccc(Cl)cc1Cl. The van der Waals surface area contributed by atoms with Crippen LogP contribution >= 0.6 is 23.2 Å². The van der Waals surface area contributed by atoms with Crippen LogP contribution in [0.3, 0.4) is 0 Å². The highest BCUT2D eigenvalue weighted by molar-refractivity contribution is 7.87. The van der Waals surface area contributed by atoms with Gasteiger partial charge in [0.2, 0.25) is 0 Å². The van der Waals surface area contributed by atoms with Crippen molar-refractivity contribution < 1.29 is 17.9 Å². The molecule has 1 aromatic carbocycles. The standard InChI is InChI=1S/C12H12Cl2N2O4S/c1-2-20-12(17)9-6-15-21(18,19)16-11(9)8-4-3-7(13)5-10(8)14/h3-6,11,15-16H,2H2,1H3. The van der Waals surface area contributed by atoms with Crippen LogP contribution < -0.4 is 9.44 Å². The number of ether oxygens (including phenoxy) is 1. The van der Waals surface area contributed by atoms with E-state index in [0.717, 1.165) is 6.20 Å². The summed E-state index contributed by atoms with van der Waals surface area (Å²) in [6.07, 6.45) is 1.10. The van der Waals surface area contributed by atoms with Crippen LogP contribution in [0.5, 0.6) is 0 Å². The smallest absolute Gasteiger partial charge is 0.337 e. The van der Waals surface area contributed by atoms with Crippen LogP contribution in [-0.2, 0) is 19.7 Å².